The number of quaternary nitrogens is 1. The minimum Gasteiger partial charge on any atom is -0.493 e. The van der Waals surface area contributed by atoms with Gasteiger partial charge in [-0.1, -0.05) is 0 Å². The Labute approximate surface area is 191 Å². The van der Waals surface area contributed by atoms with Gasteiger partial charge in [-0.2, -0.15) is 0 Å². The van der Waals surface area contributed by atoms with Crippen molar-refractivity contribution in [2.45, 2.75) is 25.3 Å². The molecule has 1 aliphatic rings. The Kier molecular flexibility index (Phi) is 7.74. The van der Waals surface area contributed by atoms with E-state index in [1.807, 2.05) is 12.1 Å². The number of aliphatic hydroxyl groups is 1. The lowest BCUT2D eigenvalue weighted by atomic mass is 9.86. The van der Waals surface area contributed by atoms with Crippen LogP contribution in [0.5, 0.6) is 28.7 Å². The van der Waals surface area contributed by atoms with Crippen LogP contribution in [0.4, 0.5) is 0 Å². The number of hydrogen-bond acceptors (Lipinski definition) is 6. The molecular weight excluding hydrogens is 411 g/mol. The molecule has 0 saturated heterocycles. The summed E-state index contributed by atoms with van der Waals surface area (Å²) in [6.07, 6.45) is 2.48. The highest BCUT2D eigenvalue weighted by Gasteiger charge is 2.39. The fraction of sp³-hybridized carbons (Fsp3) is 0.520. The maximum absolute atomic E-state index is 9.53. The molecule has 32 heavy (non-hydrogen) atoms. The second-order valence-corrected chi connectivity index (χ2v) is 8.41. The number of ether oxygens (including phenoxy) is 5. The molecule has 3 rings (SSSR count). The molecule has 7 nitrogen and oxygen atoms in total. The zero-order chi connectivity index (χ0) is 23.3. The van der Waals surface area contributed by atoms with Crippen LogP contribution in [0.1, 0.15) is 29.2 Å². The second-order valence-electron chi connectivity index (χ2n) is 8.41. The molecule has 176 valence electrons. The normalized spacial score (nSPS) is 19.8. The van der Waals surface area contributed by atoms with Crippen LogP contribution >= 0.6 is 0 Å². The summed E-state index contributed by atoms with van der Waals surface area (Å²) < 4.78 is 28.7. The summed E-state index contributed by atoms with van der Waals surface area (Å²) in [6.45, 7) is 2.06. The fourth-order valence-electron chi connectivity index (χ4n) is 4.84. The van der Waals surface area contributed by atoms with Gasteiger partial charge in [0.05, 0.1) is 55.7 Å². The number of methoxy groups -OCH3 is 5. The summed E-state index contributed by atoms with van der Waals surface area (Å²) in [7, 11) is 10.5. The van der Waals surface area contributed by atoms with Crippen molar-refractivity contribution in [3.05, 3.63) is 41.0 Å². The van der Waals surface area contributed by atoms with Gasteiger partial charge in [0.2, 0.25) is 5.75 Å². The van der Waals surface area contributed by atoms with E-state index in [1.165, 1.54) is 11.1 Å². The third-order valence-corrected chi connectivity index (χ3v) is 6.63. The smallest absolute Gasteiger partial charge is 0.203 e. The molecule has 2 atom stereocenters. The molecule has 0 bridgehead atoms. The fourth-order valence-corrected chi connectivity index (χ4v) is 4.84. The van der Waals surface area contributed by atoms with Crippen molar-refractivity contribution in [1.82, 2.24) is 0 Å². The van der Waals surface area contributed by atoms with Crippen molar-refractivity contribution >= 4 is 0 Å². The molecule has 0 aromatic heterocycles. The first-order chi connectivity index (χ1) is 15.4. The maximum Gasteiger partial charge on any atom is 0.203 e. The standard InChI is InChI=1S/C25H36NO6/c1-26(9-7-11-27)10-8-18-15-21(28-2)22(29-3)16-19(18)20(26)12-17-13-23(30-4)25(32-6)24(14-17)31-5/h13-16,20,27H,7-12H2,1-6H3/q+1/t20-,26-/m1/s1/i1+1. The molecule has 1 heterocycles. The average molecular weight is 448 g/mol. The number of hydrogen-bond donors (Lipinski definition) is 1. The van der Waals surface area contributed by atoms with Gasteiger partial charge >= 0.3 is 0 Å². The summed E-state index contributed by atoms with van der Waals surface area (Å²) in [5.74, 6) is 3.37. The van der Waals surface area contributed by atoms with Crippen molar-refractivity contribution in [3.8, 4) is 28.7 Å². The molecule has 0 spiro atoms. The van der Waals surface area contributed by atoms with E-state index < -0.39 is 0 Å². The maximum atomic E-state index is 9.53. The van der Waals surface area contributed by atoms with Crippen LogP contribution < -0.4 is 23.7 Å². The summed E-state index contributed by atoms with van der Waals surface area (Å²) >= 11 is 0. The Morgan fingerprint density at radius 1 is 0.844 bits per heavy atom. The first-order valence-corrected chi connectivity index (χ1v) is 10.9. The largest absolute Gasteiger partial charge is 0.493 e. The van der Waals surface area contributed by atoms with Crippen LogP contribution in [-0.4, -0.2) is 71.9 Å². The number of benzene rings is 2. The minimum absolute atomic E-state index is 0.174. The van der Waals surface area contributed by atoms with E-state index in [1.54, 1.807) is 35.5 Å². The van der Waals surface area contributed by atoms with E-state index in [-0.39, 0.29) is 12.6 Å². The van der Waals surface area contributed by atoms with E-state index in [0.717, 1.165) is 53.9 Å². The molecule has 2 aromatic carbocycles. The zero-order valence-electron chi connectivity index (χ0n) is 20.1. The molecular formula is C25H36NO6+. The first-order valence-electron chi connectivity index (χ1n) is 10.9. The highest BCUT2D eigenvalue weighted by atomic mass is 16.5. The number of likely N-dealkylation sites (N-methyl/N-ethyl adjacent to an activating group) is 1. The quantitative estimate of drug-likeness (QED) is 0.445. The number of aliphatic hydroxyl groups excluding tert-OH is 1. The van der Waals surface area contributed by atoms with Crippen LogP contribution in [0.15, 0.2) is 24.3 Å². The predicted molar refractivity (Wildman–Crippen MR) is 123 cm³/mol. The van der Waals surface area contributed by atoms with Crippen molar-refractivity contribution in [2.24, 2.45) is 0 Å². The first kappa shape index (κ1) is 24.0. The third kappa shape index (κ3) is 4.59. The average Bonchev–Trinajstić information content (AvgIpc) is 2.83. The molecule has 0 aliphatic carbocycles. The summed E-state index contributed by atoms with van der Waals surface area (Å²) in [5, 5.41) is 9.53. The Bertz CT molecular complexity index is 906. The van der Waals surface area contributed by atoms with E-state index in [9.17, 15) is 5.11 Å². The van der Waals surface area contributed by atoms with E-state index in [0.29, 0.717) is 17.2 Å². The van der Waals surface area contributed by atoms with Gasteiger partial charge in [-0.15, -0.1) is 0 Å². The Balaban J connectivity index is 2.10. The molecule has 0 fully saturated rings. The molecule has 1 N–H and O–H groups in total. The Morgan fingerprint density at radius 2 is 1.44 bits per heavy atom. The van der Waals surface area contributed by atoms with E-state index in [2.05, 4.69) is 19.2 Å². The summed E-state index contributed by atoms with van der Waals surface area (Å²) in [4.78, 5) is 0. The summed E-state index contributed by atoms with van der Waals surface area (Å²) in [6, 6.07) is 8.43. The van der Waals surface area contributed by atoms with Gasteiger partial charge in [-0.05, 0) is 35.4 Å². The van der Waals surface area contributed by atoms with Crippen molar-refractivity contribution in [3.63, 3.8) is 0 Å². The second kappa shape index (κ2) is 10.3. The minimum atomic E-state index is 0.174. The highest BCUT2D eigenvalue weighted by Crippen LogP contribution is 2.44. The molecule has 2 aromatic rings. The van der Waals surface area contributed by atoms with Gasteiger partial charge < -0.3 is 33.3 Å². The molecule has 0 radical (unpaired) electrons. The SMILES string of the molecule is COc1cc2c(cc1OC)[C@@H](Cc1cc(OC)c(OC)c(OC)c1)[N@+]([13CH3])(CCCO)CC2. The number of fused-ring (bicyclic) bond motifs is 1. The zero-order valence-corrected chi connectivity index (χ0v) is 20.1. The topological polar surface area (TPSA) is 66.4 Å². The van der Waals surface area contributed by atoms with Gasteiger partial charge in [0.25, 0.3) is 0 Å². The third-order valence-electron chi connectivity index (χ3n) is 6.63. The summed E-state index contributed by atoms with van der Waals surface area (Å²) in [5.41, 5.74) is 3.63. The van der Waals surface area contributed by atoms with Gasteiger partial charge in [-0.3, -0.25) is 0 Å². The molecule has 7 heteroatoms. The van der Waals surface area contributed by atoms with Crippen molar-refractivity contribution < 1.29 is 33.3 Å². The van der Waals surface area contributed by atoms with Crippen LogP contribution in [0.25, 0.3) is 0 Å². The van der Waals surface area contributed by atoms with Gasteiger partial charge in [0.15, 0.2) is 23.0 Å². The highest BCUT2D eigenvalue weighted by molar-refractivity contribution is 5.54. The number of nitrogens with zero attached hydrogens (tertiary/aromatic N) is 1. The lowest BCUT2D eigenvalue weighted by Crippen LogP contribution is -2.52. The van der Waals surface area contributed by atoms with Crippen molar-refractivity contribution in [1.29, 1.82) is 0 Å². The van der Waals surface area contributed by atoms with Crippen molar-refractivity contribution in [2.75, 3.05) is 62.3 Å². The lowest BCUT2D eigenvalue weighted by molar-refractivity contribution is -0.941. The predicted octanol–water partition coefficient (Wildman–Crippen LogP) is 3.40. The van der Waals surface area contributed by atoms with Gasteiger partial charge in [0, 0.05) is 31.4 Å². The Morgan fingerprint density at radius 3 is 1.97 bits per heavy atom. The molecule has 0 saturated carbocycles. The van der Waals surface area contributed by atoms with E-state index >= 15 is 0 Å². The van der Waals surface area contributed by atoms with Crippen LogP contribution in [-0.2, 0) is 12.8 Å². The van der Waals surface area contributed by atoms with Crippen LogP contribution in [0.3, 0.4) is 0 Å². The lowest BCUT2D eigenvalue weighted by Gasteiger charge is -2.46. The molecule has 0 amide bonds. The van der Waals surface area contributed by atoms with Gasteiger partial charge in [-0.25, -0.2) is 0 Å². The van der Waals surface area contributed by atoms with Crippen LogP contribution in [0.2, 0.25) is 0 Å². The monoisotopic (exact) mass is 447 g/mol. The van der Waals surface area contributed by atoms with Gasteiger partial charge in [0.1, 0.15) is 6.04 Å². The molecule has 1 aliphatic heterocycles. The van der Waals surface area contributed by atoms with Crippen LogP contribution in [0, 0.1) is 0 Å². The molecule has 0 unspecified atom stereocenters. The number of rotatable bonds is 10. The Hall–Kier alpha value is -2.64. The van der Waals surface area contributed by atoms with E-state index in [4.69, 9.17) is 23.7 Å².